The van der Waals surface area contributed by atoms with Gasteiger partial charge in [-0.05, 0) is 6.92 Å². The average molecular weight is 254 g/mol. The van der Waals surface area contributed by atoms with Gasteiger partial charge in [-0.2, -0.15) is 17.4 Å². The molecule has 0 bridgehead atoms. The molecule has 0 aliphatic heterocycles. The molecule has 0 fully saturated rings. The summed E-state index contributed by atoms with van der Waals surface area (Å²) in [4.78, 5) is 10.8. The van der Waals surface area contributed by atoms with E-state index in [2.05, 4.69) is 9.46 Å². The van der Waals surface area contributed by atoms with Crippen molar-refractivity contribution in [2.24, 2.45) is 0 Å². The number of carbonyl (C=O) groups is 1. The summed E-state index contributed by atoms with van der Waals surface area (Å²) in [5.41, 5.74) is 0. The molecule has 1 atom stereocenters. The Morgan fingerprint density at radius 3 is 2.56 bits per heavy atom. The summed E-state index contributed by atoms with van der Waals surface area (Å²) in [5.74, 6) is -0.475. The third-order valence-electron chi connectivity index (χ3n) is 1.89. The highest BCUT2D eigenvalue weighted by atomic mass is 32.2. The first kappa shape index (κ1) is 15.3. The Morgan fingerprint density at radius 1 is 1.56 bits per heavy atom. The lowest BCUT2D eigenvalue weighted by molar-refractivity contribution is -0.140. The van der Waals surface area contributed by atoms with Crippen LogP contribution in [0.4, 0.5) is 0 Å². The van der Waals surface area contributed by atoms with Crippen molar-refractivity contribution in [3.63, 3.8) is 0 Å². The predicted octanol–water partition coefficient (Wildman–Crippen LogP) is -1.30. The van der Waals surface area contributed by atoms with Gasteiger partial charge in [0.2, 0.25) is 0 Å². The van der Waals surface area contributed by atoms with Gasteiger partial charge in [0.25, 0.3) is 10.2 Å². The van der Waals surface area contributed by atoms with Crippen LogP contribution in [0.2, 0.25) is 0 Å². The molecular formula is C8H18N2O5S. The first-order valence-electron chi connectivity index (χ1n) is 4.74. The SMILES string of the molecule is COC(=O)CCN(C)S(=O)(=O)N[C@@H](C)CO. The smallest absolute Gasteiger partial charge is 0.306 e. The summed E-state index contributed by atoms with van der Waals surface area (Å²) in [6, 6.07) is -0.564. The number of hydrogen-bond donors (Lipinski definition) is 2. The maximum atomic E-state index is 11.6. The standard InChI is InChI=1S/C8H18N2O5S/c1-7(6-11)9-16(13,14)10(2)5-4-8(12)15-3/h7,9,11H,4-6H2,1-3H3/t7-/m0/s1. The third-order valence-corrected chi connectivity index (χ3v) is 3.60. The topological polar surface area (TPSA) is 95.9 Å². The lowest BCUT2D eigenvalue weighted by Gasteiger charge is -2.19. The molecule has 96 valence electrons. The predicted molar refractivity (Wildman–Crippen MR) is 57.9 cm³/mol. The zero-order chi connectivity index (χ0) is 12.8. The minimum absolute atomic E-state index is 0.0125. The van der Waals surface area contributed by atoms with Crippen LogP contribution in [0.25, 0.3) is 0 Å². The molecule has 0 aromatic heterocycles. The van der Waals surface area contributed by atoms with Crippen LogP contribution in [0.1, 0.15) is 13.3 Å². The van der Waals surface area contributed by atoms with E-state index in [1.165, 1.54) is 21.1 Å². The highest BCUT2D eigenvalue weighted by Gasteiger charge is 2.20. The number of ether oxygens (including phenoxy) is 1. The molecule has 0 unspecified atom stereocenters. The normalized spacial score (nSPS) is 13.8. The zero-order valence-electron chi connectivity index (χ0n) is 9.63. The summed E-state index contributed by atoms with van der Waals surface area (Å²) < 4.78 is 30.7. The van der Waals surface area contributed by atoms with Crippen molar-refractivity contribution in [1.29, 1.82) is 0 Å². The van der Waals surface area contributed by atoms with Crippen molar-refractivity contribution in [3.05, 3.63) is 0 Å². The van der Waals surface area contributed by atoms with Crippen LogP contribution in [0.3, 0.4) is 0 Å². The summed E-state index contributed by atoms with van der Waals surface area (Å²) in [5, 5.41) is 8.72. The van der Waals surface area contributed by atoms with E-state index in [1.807, 2.05) is 0 Å². The van der Waals surface area contributed by atoms with Gasteiger partial charge in [-0.25, -0.2) is 0 Å². The molecule has 0 aliphatic rings. The van der Waals surface area contributed by atoms with Crippen LogP contribution in [0.15, 0.2) is 0 Å². The Morgan fingerprint density at radius 2 is 2.12 bits per heavy atom. The van der Waals surface area contributed by atoms with Crippen molar-refractivity contribution in [3.8, 4) is 0 Å². The van der Waals surface area contributed by atoms with Gasteiger partial charge in [-0.3, -0.25) is 4.79 Å². The molecular weight excluding hydrogens is 236 g/mol. The molecule has 16 heavy (non-hydrogen) atoms. The first-order valence-corrected chi connectivity index (χ1v) is 6.18. The number of nitrogens with one attached hydrogen (secondary N) is 1. The van der Waals surface area contributed by atoms with Crippen LogP contribution in [0.5, 0.6) is 0 Å². The first-order chi connectivity index (χ1) is 7.33. The van der Waals surface area contributed by atoms with Crippen LogP contribution in [-0.2, 0) is 19.7 Å². The minimum atomic E-state index is -3.66. The summed E-state index contributed by atoms with van der Waals surface area (Å²) >= 11 is 0. The molecule has 0 aromatic rings. The molecule has 0 heterocycles. The van der Waals surface area contributed by atoms with Gasteiger partial charge < -0.3 is 9.84 Å². The maximum Gasteiger partial charge on any atom is 0.306 e. The van der Waals surface area contributed by atoms with Gasteiger partial charge in [0, 0.05) is 19.6 Å². The van der Waals surface area contributed by atoms with E-state index < -0.39 is 22.2 Å². The number of esters is 1. The van der Waals surface area contributed by atoms with E-state index in [0.29, 0.717) is 0 Å². The molecule has 0 radical (unpaired) electrons. The van der Waals surface area contributed by atoms with E-state index in [-0.39, 0.29) is 19.6 Å². The summed E-state index contributed by atoms with van der Waals surface area (Å²) in [7, 11) is -1.08. The largest absolute Gasteiger partial charge is 0.469 e. The molecule has 0 saturated carbocycles. The van der Waals surface area contributed by atoms with Gasteiger partial charge in [0.05, 0.1) is 20.1 Å². The lowest BCUT2D eigenvalue weighted by Crippen LogP contribution is -2.44. The second-order valence-electron chi connectivity index (χ2n) is 3.35. The highest BCUT2D eigenvalue weighted by Crippen LogP contribution is 1.98. The van der Waals surface area contributed by atoms with Crippen LogP contribution >= 0.6 is 0 Å². The molecule has 0 aliphatic carbocycles. The van der Waals surface area contributed by atoms with E-state index in [4.69, 9.17) is 5.11 Å². The fourth-order valence-corrected chi connectivity index (χ4v) is 1.95. The lowest BCUT2D eigenvalue weighted by atomic mass is 10.4. The van der Waals surface area contributed by atoms with Crippen LogP contribution < -0.4 is 4.72 Å². The van der Waals surface area contributed by atoms with Gasteiger partial charge in [0.1, 0.15) is 0 Å². The molecule has 0 aromatic carbocycles. The number of rotatable bonds is 7. The molecule has 0 rings (SSSR count). The van der Waals surface area contributed by atoms with Crippen molar-refractivity contribution in [2.45, 2.75) is 19.4 Å². The average Bonchev–Trinajstić information content (AvgIpc) is 2.24. The Kier molecular flexibility index (Phi) is 6.49. The fraction of sp³-hybridized carbons (Fsp3) is 0.875. The molecule has 2 N–H and O–H groups in total. The Labute approximate surface area is 95.6 Å². The van der Waals surface area contributed by atoms with E-state index in [0.717, 1.165) is 4.31 Å². The van der Waals surface area contributed by atoms with Crippen molar-refractivity contribution in [1.82, 2.24) is 9.03 Å². The fourth-order valence-electron chi connectivity index (χ4n) is 0.852. The highest BCUT2D eigenvalue weighted by molar-refractivity contribution is 7.87. The van der Waals surface area contributed by atoms with E-state index in [9.17, 15) is 13.2 Å². The number of hydrogen-bond acceptors (Lipinski definition) is 5. The summed E-state index contributed by atoms with van der Waals surface area (Å²) in [6.07, 6.45) is -0.0125. The Hall–Kier alpha value is -0.700. The number of methoxy groups -OCH3 is 1. The monoisotopic (exact) mass is 254 g/mol. The second-order valence-corrected chi connectivity index (χ2v) is 5.16. The van der Waals surface area contributed by atoms with E-state index in [1.54, 1.807) is 0 Å². The quantitative estimate of drug-likeness (QED) is 0.550. The molecule has 0 saturated heterocycles. The second kappa shape index (κ2) is 6.79. The van der Waals surface area contributed by atoms with Gasteiger partial charge in [0.15, 0.2) is 0 Å². The zero-order valence-corrected chi connectivity index (χ0v) is 10.5. The van der Waals surface area contributed by atoms with Crippen molar-refractivity contribution in [2.75, 3.05) is 27.3 Å². The molecule has 0 amide bonds. The van der Waals surface area contributed by atoms with Crippen molar-refractivity contribution >= 4 is 16.2 Å². The number of nitrogens with zero attached hydrogens (tertiary/aromatic N) is 1. The minimum Gasteiger partial charge on any atom is -0.469 e. The third kappa shape index (κ3) is 5.40. The molecule has 7 nitrogen and oxygen atoms in total. The van der Waals surface area contributed by atoms with Crippen LogP contribution in [-0.4, -0.2) is 57.1 Å². The molecule has 8 heteroatoms. The molecule has 0 spiro atoms. The number of aliphatic hydroxyl groups excluding tert-OH is 1. The van der Waals surface area contributed by atoms with Gasteiger partial charge in [-0.15, -0.1) is 0 Å². The Balaban J connectivity index is 4.25. The van der Waals surface area contributed by atoms with Crippen molar-refractivity contribution < 1.29 is 23.1 Å². The maximum absolute atomic E-state index is 11.6. The van der Waals surface area contributed by atoms with Crippen LogP contribution in [0, 0.1) is 0 Å². The number of carbonyl (C=O) groups excluding carboxylic acids is 1. The van der Waals surface area contributed by atoms with Gasteiger partial charge in [-0.1, -0.05) is 0 Å². The van der Waals surface area contributed by atoms with E-state index >= 15 is 0 Å². The van der Waals surface area contributed by atoms with Gasteiger partial charge >= 0.3 is 5.97 Å². The number of aliphatic hydroxyl groups is 1. The Bertz CT molecular complexity index is 316. The summed E-state index contributed by atoms with van der Waals surface area (Å²) in [6.45, 7) is 1.27.